The molecule has 0 bridgehead atoms. The average Bonchev–Trinajstić information content (AvgIpc) is 3.02. The van der Waals surface area contributed by atoms with E-state index in [2.05, 4.69) is 35.7 Å². The third kappa shape index (κ3) is 2.31. The van der Waals surface area contributed by atoms with Gasteiger partial charge in [0.05, 0.1) is 0 Å². The molecule has 1 heterocycles. The second-order valence-corrected chi connectivity index (χ2v) is 5.80. The molecule has 0 radical (unpaired) electrons. The van der Waals surface area contributed by atoms with Gasteiger partial charge in [0, 0.05) is 17.5 Å². The van der Waals surface area contributed by atoms with Crippen LogP contribution >= 0.6 is 11.3 Å². The Morgan fingerprint density at radius 3 is 2.50 bits per heavy atom. The molecule has 3 heteroatoms. The summed E-state index contributed by atoms with van der Waals surface area (Å²) in [4.78, 5) is 2.03. The first kappa shape index (κ1) is 11.5. The number of nitriles is 1. The van der Waals surface area contributed by atoms with E-state index in [4.69, 9.17) is 5.26 Å². The van der Waals surface area contributed by atoms with Crippen LogP contribution in [-0.4, -0.2) is 6.04 Å². The van der Waals surface area contributed by atoms with Crippen LogP contribution in [0.5, 0.6) is 0 Å². The maximum atomic E-state index is 8.79. The maximum Gasteiger partial charge on any atom is 0.110 e. The first-order valence-corrected chi connectivity index (χ1v) is 6.96. The zero-order chi connectivity index (χ0) is 12.4. The minimum absolute atomic E-state index is 0.537. The lowest BCUT2D eigenvalue weighted by molar-refractivity contribution is 0.536. The van der Waals surface area contributed by atoms with Crippen molar-refractivity contribution in [2.75, 3.05) is 0 Å². The number of hydrogen-bond acceptors (Lipinski definition) is 3. The van der Waals surface area contributed by atoms with Crippen molar-refractivity contribution < 1.29 is 0 Å². The van der Waals surface area contributed by atoms with Crippen LogP contribution < -0.4 is 5.32 Å². The molecule has 1 aliphatic carbocycles. The lowest BCUT2D eigenvalue weighted by Gasteiger charge is -2.10. The Hall–Kier alpha value is -1.63. The fraction of sp³-hybridized carbons (Fsp3) is 0.267. The van der Waals surface area contributed by atoms with Gasteiger partial charge < -0.3 is 5.32 Å². The van der Waals surface area contributed by atoms with E-state index in [0.717, 1.165) is 24.3 Å². The van der Waals surface area contributed by atoms with Crippen molar-refractivity contribution in [1.82, 2.24) is 5.32 Å². The molecule has 18 heavy (non-hydrogen) atoms. The number of thiophene rings is 1. The lowest BCUT2D eigenvalue weighted by atomic mass is 10.1. The van der Waals surface area contributed by atoms with Gasteiger partial charge in [-0.05, 0) is 36.1 Å². The zero-order valence-electron chi connectivity index (χ0n) is 10.0. The molecule has 90 valence electrons. The van der Waals surface area contributed by atoms with Gasteiger partial charge >= 0.3 is 0 Å². The molecule has 2 aromatic rings. The van der Waals surface area contributed by atoms with Crippen LogP contribution in [0.15, 0.2) is 36.4 Å². The van der Waals surface area contributed by atoms with Crippen LogP contribution in [0.4, 0.5) is 0 Å². The standard InChI is InChI=1S/C15H14N2S/c16-9-14-5-6-15(18-14)10-17-13-7-11-3-1-2-4-12(11)8-13/h1-6,13,17H,7-8,10H2. The van der Waals surface area contributed by atoms with E-state index in [1.807, 2.05) is 12.1 Å². The van der Waals surface area contributed by atoms with Crippen LogP contribution in [0.2, 0.25) is 0 Å². The van der Waals surface area contributed by atoms with Crippen molar-refractivity contribution in [2.45, 2.75) is 25.4 Å². The smallest absolute Gasteiger partial charge is 0.110 e. The van der Waals surface area contributed by atoms with Gasteiger partial charge in [0.25, 0.3) is 0 Å². The summed E-state index contributed by atoms with van der Waals surface area (Å²) in [7, 11) is 0. The topological polar surface area (TPSA) is 35.8 Å². The highest BCUT2D eigenvalue weighted by Gasteiger charge is 2.20. The minimum atomic E-state index is 0.537. The van der Waals surface area contributed by atoms with Crippen molar-refractivity contribution >= 4 is 11.3 Å². The van der Waals surface area contributed by atoms with Gasteiger partial charge in [0.15, 0.2) is 0 Å². The predicted molar refractivity (Wildman–Crippen MR) is 73.5 cm³/mol. The molecule has 1 aliphatic rings. The molecule has 0 unspecified atom stereocenters. The molecule has 3 rings (SSSR count). The van der Waals surface area contributed by atoms with Gasteiger partial charge in [0.1, 0.15) is 10.9 Å². The van der Waals surface area contributed by atoms with Crippen molar-refractivity contribution in [2.24, 2.45) is 0 Å². The van der Waals surface area contributed by atoms with Gasteiger partial charge in [-0.15, -0.1) is 11.3 Å². The third-order valence-electron chi connectivity index (χ3n) is 3.39. The summed E-state index contributed by atoms with van der Waals surface area (Å²) in [6.45, 7) is 0.866. The van der Waals surface area contributed by atoms with E-state index in [9.17, 15) is 0 Å². The largest absolute Gasteiger partial charge is 0.308 e. The van der Waals surface area contributed by atoms with Crippen molar-refractivity contribution in [3.63, 3.8) is 0 Å². The van der Waals surface area contributed by atoms with E-state index >= 15 is 0 Å². The quantitative estimate of drug-likeness (QED) is 0.914. The van der Waals surface area contributed by atoms with E-state index < -0.39 is 0 Å². The van der Waals surface area contributed by atoms with Gasteiger partial charge in [0.2, 0.25) is 0 Å². The molecule has 0 saturated heterocycles. The molecule has 0 aliphatic heterocycles. The van der Waals surface area contributed by atoms with Crippen LogP contribution in [0.25, 0.3) is 0 Å². The highest BCUT2D eigenvalue weighted by Crippen LogP contribution is 2.22. The molecular weight excluding hydrogens is 240 g/mol. The number of fused-ring (bicyclic) bond motifs is 1. The summed E-state index contributed by atoms with van der Waals surface area (Å²) in [5, 5.41) is 12.4. The molecule has 0 atom stereocenters. The summed E-state index contributed by atoms with van der Waals surface area (Å²) in [6.07, 6.45) is 2.24. The molecule has 0 fully saturated rings. The summed E-state index contributed by atoms with van der Waals surface area (Å²) in [6, 6.07) is 15.3. The summed E-state index contributed by atoms with van der Waals surface area (Å²) >= 11 is 1.58. The van der Waals surface area contributed by atoms with Crippen LogP contribution in [0.3, 0.4) is 0 Å². The van der Waals surface area contributed by atoms with Gasteiger partial charge in [-0.1, -0.05) is 24.3 Å². The van der Waals surface area contributed by atoms with Crippen LogP contribution in [-0.2, 0) is 19.4 Å². The average molecular weight is 254 g/mol. The van der Waals surface area contributed by atoms with Crippen molar-refractivity contribution in [3.8, 4) is 6.07 Å². The Labute approximate surface area is 111 Å². The molecule has 1 aromatic carbocycles. The van der Waals surface area contributed by atoms with Crippen LogP contribution in [0.1, 0.15) is 20.9 Å². The van der Waals surface area contributed by atoms with Crippen molar-refractivity contribution in [3.05, 3.63) is 57.3 Å². The van der Waals surface area contributed by atoms with Crippen molar-refractivity contribution in [1.29, 1.82) is 5.26 Å². The Morgan fingerprint density at radius 2 is 1.89 bits per heavy atom. The van der Waals surface area contributed by atoms with E-state index in [0.29, 0.717) is 6.04 Å². The first-order valence-electron chi connectivity index (χ1n) is 6.14. The number of hydrogen-bond donors (Lipinski definition) is 1. The monoisotopic (exact) mass is 254 g/mol. The summed E-state index contributed by atoms with van der Waals surface area (Å²) in [5.41, 5.74) is 2.94. The second-order valence-electron chi connectivity index (χ2n) is 4.63. The van der Waals surface area contributed by atoms with Gasteiger partial charge in [-0.3, -0.25) is 0 Å². The number of rotatable bonds is 3. The zero-order valence-corrected chi connectivity index (χ0v) is 10.8. The maximum absolute atomic E-state index is 8.79. The van der Waals surface area contributed by atoms with E-state index in [1.54, 1.807) is 11.3 Å². The first-order chi connectivity index (χ1) is 8.85. The SMILES string of the molecule is N#Cc1ccc(CNC2Cc3ccccc3C2)s1. The molecule has 0 saturated carbocycles. The Bertz CT molecular complexity index is 570. The lowest BCUT2D eigenvalue weighted by Crippen LogP contribution is -2.28. The highest BCUT2D eigenvalue weighted by atomic mass is 32.1. The number of nitrogens with zero attached hydrogens (tertiary/aromatic N) is 1. The van der Waals surface area contributed by atoms with E-state index in [1.165, 1.54) is 16.0 Å². The molecule has 1 aromatic heterocycles. The second kappa shape index (κ2) is 4.93. The van der Waals surface area contributed by atoms with Gasteiger partial charge in [-0.2, -0.15) is 5.26 Å². The molecule has 0 amide bonds. The Kier molecular flexibility index (Phi) is 3.14. The Morgan fingerprint density at radius 1 is 1.17 bits per heavy atom. The Balaban J connectivity index is 1.59. The fourth-order valence-corrected chi connectivity index (χ4v) is 3.24. The normalized spacial score (nSPS) is 14.4. The van der Waals surface area contributed by atoms with Gasteiger partial charge in [-0.25, -0.2) is 0 Å². The van der Waals surface area contributed by atoms with E-state index in [-0.39, 0.29) is 0 Å². The highest BCUT2D eigenvalue weighted by molar-refractivity contribution is 7.12. The summed E-state index contributed by atoms with van der Waals surface area (Å²) < 4.78 is 0. The third-order valence-corrected chi connectivity index (χ3v) is 4.38. The fourth-order valence-electron chi connectivity index (χ4n) is 2.48. The molecule has 2 nitrogen and oxygen atoms in total. The summed E-state index contributed by atoms with van der Waals surface area (Å²) in [5.74, 6) is 0. The molecule has 1 N–H and O–H groups in total. The molecule has 0 spiro atoms. The number of benzene rings is 1. The van der Waals surface area contributed by atoms with Crippen LogP contribution in [0, 0.1) is 11.3 Å². The number of nitrogens with one attached hydrogen (secondary N) is 1. The molecular formula is C15H14N2S. The predicted octanol–water partition coefficient (Wildman–Crippen LogP) is 2.88. The minimum Gasteiger partial charge on any atom is -0.308 e.